The van der Waals surface area contributed by atoms with Crippen molar-refractivity contribution in [3.8, 4) is 0 Å². The number of aromatic nitrogens is 4. The van der Waals surface area contributed by atoms with Gasteiger partial charge in [0.25, 0.3) is 0 Å². The van der Waals surface area contributed by atoms with Crippen molar-refractivity contribution in [2.24, 2.45) is 0 Å². The molecule has 1 aromatic rings. The lowest BCUT2D eigenvalue weighted by Crippen LogP contribution is -2.41. The zero-order valence-corrected chi connectivity index (χ0v) is 9.10. The van der Waals surface area contributed by atoms with E-state index in [0.717, 1.165) is 0 Å². The van der Waals surface area contributed by atoms with E-state index in [1.165, 1.54) is 11.0 Å². The molecule has 0 aliphatic carbocycles. The van der Waals surface area contributed by atoms with Crippen LogP contribution in [0.25, 0.3) is 0 Å². The number of ether oxygens (including phenoxy) is 1. The minimum Gasteiger partial charge on any atom is -0.448 e. The molecule has 1 aromatic heterocycles. The van der Waals surface area contributed by atoms with E-state index in [1.807, 2.05) is 20.8 Å². The predicted molar refractivity (Wildman–Crippen MR) is 52.1 cm³/mol. The number of alkyl carbamates (subject to hydrolysis) is 1. The summed E-state index contributed by atoms with van der Waals surface area (Å²) in [6.45, 7) is 6.35. The average Bonchev–Trinajstić information content (AvgIpc) is 2.53. The second kappa shape index (κ2) is 4.72. The van der Waals surface area contributed by atoms with E-state index in [1.54, 1.807) is 0 Å². The van der Waals surface area contributed by atoms with Crippen molar-refractivity contribution in [3.05, 3.63) is 6.33 Å². The first-order chi connectivity index (χ1) is 6.97. The van der Waals surface area contributed by atoms with Crippen LogP contribution < -0.4 is 5.32 Å². The van der Waals surface area contributed by atoms with Crippen LogP contribution in [0, 0.1) is 0 Å². The highest BCUT2D eigenvalue weighted by Gasteiger charge is 2.14. The van der Waals surface area contributed by atoms with Crippen LogP contribution in [0.5, 0.6) is 0 Å². The molecule has 1 N–H and O–H groups in total. The minimum atomic E-state index is -0.435. The van der Waals surface area contributed by atoms with Gasteiger partial charge in [0, 0.05) is 5.54 Å². The Morgan fingerprint density at radius 1 is 1.53 bits per heavy atom. The Bertz CT molecular complexity index is 303. The molecule has 15 heavy (non-hydrogen) atoms. The quantitative estimate of drug-likeness (QED) is 0.775. The maximum Gasteiger partial charge on any atom is 0.407 e. The largest absolute Gasteiger partial charge is 0.448 e. The molecule has 0 spiro atoms. The first kappa shape index (κ1) is 11.4. The molecular formula is C8H15N5O2. The number of nitrogens with zero attached hydrogens (tertiary/aromatic N) is 4. The maximum absolute atomic E-state index is 11.2. The Hall–Kier alpha value is -1.66. The van der Waals surface area contributed by atoms with Gasteiger partial charge in [-0.3, -0.25) is 0 Å². The number of carbonyl (C=O) groups excluding carboxylic acids is 1. The summed E-state index contributed by atoms with van der Waals surface area (Å²) in [5.41, 5.74) is -0.286. The summed E-state index contributed by atoms with van der Waals surface area (Å²) in [5.74, 6) is 0. The summed E-state index contributed by atoms with van der Waals surface area (Å²) in [5, 5.41) is 13.2. The molecule has 0 unspecified atom stereocenters. The van der Waals surface area contributed by atoms with Gasteiger partial charge in [0.1, 0.15) is 12.9 Å². The molecule has 0 saturated carbocycles. The van der Waals surface area contributed by atoms with Crippen molar-refractivity contribution in [1.82, 2.24) is 25.5 Å². The molecule has 0 radical (unpaired) electrons. The zero-order valence-electron chi connectivity index (χ0n) is 9.10. The highest BCUT2D eigenvalue weighted by atomic mass is 16.5. The highest BCUT2D eigenvalue weighted by molar-refractivity contribution is 5.67. The summed E-state index contributed by atoms with van der Waals surface area (Å²) >= 11 is 0. The van der Waals surface area contributed by atoms with Crippen LogP contribution in [0.4, 0.5) is 4.79 Å². The Morgan fingerprint density at radius 3 is 2.80 bits per heavy atom. The van der Waals surface area contributed by atoms with E-state index >= 15 is 0 Å². The highest BCUT2D eigenvalue weighted by Crippen LogP contribution is 1.98. The Labute approximate surface area is 87.8 Å². The van der Waals surface area contributed by atoms with E-state index in [-0.39, 0.29) is 12.1 Å². The Balaban J connectivity index is 2.18. The van der Waals surface area contributed by atoms with E-state index in [2.05, 4.69) is 20.8 Å². The van der Waals surface area contributed by atoms with Gasteiger partial charge in [-0.1, -0.05) is 0 Å². The van der Waals surface area contributed by atoms with Crippen molar-refractivity contribution in [2.45, 2.75) is 32.9 Å². The molecule has 1 amide bonds. The molecule has 84 valence electrons. The van der Waals surface area contributed by atoms with Gasteiger partial charge in [0.05, 0.1) is 6.54 Å². The number of amides is 1. The Kier molecular flexibility index (Phi) is 3.59. The fourth-order valence-electron chi connectivity index (χ4n) is 0.857. The summed E-state index contributed by atoms with van der Waals surface area (Å²) in [6, 6.07) is 0. The van der Waals surface area contributed by atoms with Crippen LogP contribution >= 0.6 is 0 Å². The third-order valence-electron chi connectivity index (χ3n) is 1.42. The topological polar surface area (TPSA) is 81.9 Å². The fourth-order valence-corrected chi connectivity index (χ4v) is 0.857. The van der Waals surface area contributed by atoms with Gasteiger partial charge in [0.2, 0.25) is 0 Å². The SMILES string of the molecule is CC(C)(C)NC(=O)OCCn1cnnn1. The van der Waals surface area contributed by atoms with Crippen molar-refractivity contribution in [2.75, 3.05) is 6.61 Å². The average molecular weight is 213 g/mol. The van der Waals surface area contributed by atoms with Gasteiger partial charge >= 0.3 is 6.09 Å². The number of nitrogens with one attached hydrogen (secondary N) is 1. The van der Waals surface area contributed by atoms with Crippen LogP contribution in [-0.4, -0.2) is 38.4 Å². The Morgan fingerprint density at radius 2 is 2.27 bits per heavy atom. The van der Waals surface area contributed by atoms with E-state index in [4.69, 9.17) is 4.74 Å². The minimum absolute atomic E-state index is 0.243. The van der Waals surface area contributed by atoms with Crippen LogP contribution in [0.15, 0.2) is 6.33 Å². The zero-order chi connectivity index (χ0) is 11.3. The normalized spacial score (nSPS) is 11.1. The lowest BCUT2D eigenvalue weighted by molar-refractivity contribution is 0.132. The van der Waals surface area contributed by atoms with Crippen LogP contribution in [0.2, 0.25) is 0 Å². The van der Waals surface area contributed by atoms with Crippen molar-refractivity contribution < 1.29 is 9.53 Å². The lowest BCUT2D eigenvalue weighted by atomic mass is 10.1. The predicted octanol–water partition coefficient (Wildman–Crippen LogP) is 0.198. The van der Waals surface area contributed by atoms with Crippen LogP contribution in [-0.2, 0) is 11.3 Å². The smallest absolute Gasteiger partial charge is 0.407 e. The summed E-state index contributed by atoms with van der Waals surface area (Å²) in [4.78, 5) is 11.2. The first-order valence-electron chi connectivity index (χ1n) is 4.63. The van der Waals surface area contributed by atoms with Crippen molar-refractivity contribution in [1.29, 1.82) is 0 Å². The molecule has 0 saturated heterocycles. The third kappa shape index (κ3) is 4.94. The molecule has 0 aliphatic heterocycles. The van der Waals surface area contributed by atoms with E-state index < -0.39 is 6.09 Å². The van der Waals surface area contributed by atoms with Gasteiger partial charge in [0.15, 0.2) is 0 Å². The fraction of sp³-hybridized carbons (Fsp3) is 0.750. The van der Waals surface area contributed by atoms with Gasteiger partial charge in [-0.2, -0.15) is 0 Å². The molecule has 7 heteroatoms. The standard InChI is InChI=1S/C8H15N5O2/c1-8(2,3)10-7(14)15-5-4-13-6-9-11-12-13/h6H,4-5H2,1-3H3,(H,10,14). The van der Waals surface area contributed by atoms with Crippen LogP contribution in [0.3, 0.4) is 0 Å². The van der Waals surface area contributed by atoms with Crippen molar-refractivity contribution >= 4 is 6.09 Å². The summed E-state index contributed by atoms with van der Waals surface area (Å²) < 4.78 is 6.42. The van der Waals surface area contributed by atoms with E-state index in [0.29, 0.717) is 6.54 Å². The van der Waals surface area contributed by atoms with E-state index in [9.17, 15) is 4.79 Å². The molecule has 0 fully saturated rings. The number of carbonyl (C=O) groups is 1. The molecule has 0 aromatic carbocycles. The van der Waals surface area contributed by atoms with Gasteiger partial charge < -0.3 is 10.1 Å². The number of hydrogen-bond acceptors (Lipinski definition) is 5. The second-order valence-electron chi connectivity index (χ2n) is 4.08. The molecule has 0 atom stereocenters. The monoisotopic (exact) mass is 213 g/mol. The third-order valence-corrected chi connectivity index (χ3v) is 1.42. The summed E-state index contributed by atoms with van der Waals surface area (Å²) in [6.07, 6.45) is 1.03. The maximum atomic E-state index is 11.2. The number of rotatable bonds is 3. The van der Waals surface area contributed by atoms with Gasteiger partial charge in [-0.05, 0) is 31.2 Å². The lowest BCUT2D eigenvalue weighted by Gasteiger charge is -2.19. The van der Waals surface area contributed by atoms with Gasteiger partial charge in [-0.25, -0.2) is 9.48 Å². The first-order valence-corrected chi connectivity index (χ1v) is 4.63. The van der Waals surface area contributed by atoms with Crippen LogP contribution in [0.1, 0.15) is 20.8 Å². The molecule has 7 nitrogen and oxygen atoms in total. The molecule has 0 aliphatic rings. The second-order valence-corrected chi connectivity index (χ2v) is 4.08. The molecular weight excluding hydrogens is 198 g/mol. The van der Waals surface area contributed by atoms with Gasteiger partial charge in [-0.15, -0.1) is 5.10 Å². The molecule has 1 heterocycles. The number of hydrogen-bond donors (Lipinski definition) is 1. The van der Waals surface area contributed by atoms with Crippen molar-refractivity contribution in [3.63, 3.8) is 0 Å². The summed E-state index contributed by atoms with van der Waals surface area (Å²) in [7, 11) is 0. The molecule has 0 bridgehead atoms. The number of tetrazole rings is 1. The molecule has 1 rings (SSSR count).